The van der Waals surface area contributed by atoms with Crippen molar-refractivity contribution in [2.45, 2.75) is 44.9 Å². The van der Waals surface area contributed by atoms with Crippen molar-refractivity contribution < 1.29 is 24.5 Å². The van der Waals surface area contributed by atoms with Gasteiger partial charge in [-0.2, -0.15) is 0 Å². The van der Waals surface area contributed by atoms with E-state index in [1.807, 2.05) is 24.3 Å². The normalized spacial score (nSPS) is 13.1. The van der Waals surface area contributed by atoms with Crippen molar-refractivity contribution in [3.05, 3.63) is 66.1 Å². The third kappa shape index (κ3) is 7.02. The molecule has 0 radical (unpaired) electrons. The molecule has 3 N–H and O–H groups in total. The van der Waals surface area contributed by atoms with Gasteiger partial charge in [-0.1, -0.05) is 36.4 Å². The van der Waals surface area contributed by atoms with Gasteiger partial charge in [-0.3, -0.25) is 4.79 Å². The van der Waals surface area contributed by atoms with Gasteiger partial charge in [-0.15, -0.1) is 0 Å². The van der Waals surface area contributed by atoms with Crippen molar-refractivity contribution in [3.8, 4) is 11.1 Å². The number of para-hydroxylation sites is 1. The van der Waals surface area contributed by atoms with Gasteiger partial charge in [0, 0.05) is 34.6 Å². The summed E-state index contributed by atoms with van der Waals surface area (Å²) >= 11 is 0. The number of halogens is 1. The molecule has 0 aliphatic heterocycles. The zero-order chi connectivity index (χ0) is 21.8. The number of benzene rings is 2. The molecule has 0 aliphatic carbocycles. The summed E-state index contributed by atoms with van der Waals surface area (Å²) in [5.41, 5.74) is 3.65. The molecule has 1 aromatic heterocycles. The van der Waals surface area contributed by atoms with Crippen molar-refractivity contribution in [2.75, 3.05) is 0 Å². The Morgan fingerprint density at radius 2 is 1.69 bits per heavy atom. The minimum absolute atomic E-state index is 0. The number of fused-ring (bicyclic) bond motifs is 1. The molecule has 0 fully saturated rings. The Labute approximate surface area is 231 Å². The predicted molar refractivity (Wildman–Crippen MR) is 130 cm³/mol. The van der Waals surface area contributed by atoms with E-state index >= 15 is 0 Å². The summed E-state index contributed by atoms with van der Waals surface area (Å²) in [6, 6.07) is 14.4. The SMILES string of the molecule is CC(C)n1c(C=C[C@H](O)C[C@H](O)CC(=O)O)c(-c2ccc(F)cc2)c2ccccc21.[NaH].[NaH]. The van der Waals surface area contributed by atoms with Crippen LogP contribution in [-0.2, 0) is 4.79 Å². The molecule has 0 unspecified atom stereocenters. The molecule has 3 aromatic rings. The molecular weight excluding hydrogens is 431 g/mol. The molecule has 3 rings (SSSR count). The summed E-state index contributed by atoms with van der Waals surface area (Å²) in [6.07, 6.45) is 0.727. The number of carboxylic acids is 1. The van der Waals surface area contributed by atoms with E-state index in [9.17, 15) is 19.4 Å². The first-order chi connectivity index (χ1) is 14.3. The van der Waals surface area contributed by atoms with Crippen molar-refractivity contribution in [2.24, 2.45) is 0 Å². The van der Waals surface area contributed by atoms with E-state index < -0.39 is 24.6 Å². The summed E-state index contributed by atoms with van der Waals surface area (Å²) in [7, 11) is 0. The van der Waals surface area contributed by atoms with Crippen LogP contribution in [0.1, 0.15) is 38.4 Å². The summed E-state index contributed by atoms with van der Waals surface area (Å²) in [5, 5.41) is 29.9. The van der Waals surface area contributed by atoms with Gasteiger partial charge in [0.15, 0.2) is 0 Å². The molecule has 32 heavy (non-hydrogen) atoms. The van der Waals surface area contributed by atoms with E-state index in [1.54, 1.807) is 24.3 Å². The minimum atomic E-state index is -1.13. The molecule has 2 atom stereocenters. The molecule has 0 saturated heterocycles. The van der Waals surface area contributed by atoms with E-state index in [1.165, 1.54) is 12.1 Å². The Hall–Kier alpha value is -0.960. The van der Waals surface area contributed by atoms with Crippen molar-refractivity contribution in [3.63, 3.8) is 0 Å². The summed E-state index contributed by atoms with van der Waals surface area (Å²) in [6.45, 7) is 4.12. The number of aliphatic carboxylic acids is 1. The molecule has 5 nitrogen and oxygen atoms in total. The van der Waals surface area contributed by atoms with Crippen LogP contribution in [-0.4, -0.2) is 97.2 Å². The van der Waals surface area contributed by atoms with Gasteiger partial charge in [0.1, 0.15) is 5.82 Å². The fourth-order valence-electron chi connectivity index (χ4n) is 3.77. The summed E-state index contributed by atoms with van der Waals surface area (Å²) in [5.74, 6) is -1.43. The Bertz CT molecular complexity index is 1060. The number of hydrogen-bond acceptors (Lipinski definition) is 3. The van der Waals surface area contributed by atoms with E-state index in [2.05, 4.69) is 18.4 Å². The first-order valence-corrected chi connectivity index (χ1v) is 9.93. The zero-order valence-electron chi connectivity index (χ0n) is 17.0. The second-order valence-corrected chi connectivity index (χ2v) is 7.66. The van der Waals surface area contributed by atoms with Crippen LogP contribution in [0.3, 0.4) is 0 Å². The molecule has 0 spiro atoms. The van der Waals surface area contributed by atoms with E-state index in [0.717, 1.165) is 27.7 Å². The fraction of sp³-hybridized carbons (Fsp3) is 0.292. The van der Waals surface area contributed by atoms with Crippen LogP contribution in [0.4, 0.5) is 4.39 Å². The summed E-state index contributed by atoms with van der Waals surface area (Å²) in [4.78, 5) is 10.7. The van der Waals surface area contributed by atoms with Crippen molar-refractivity contribution in [1.29, 1.82) is 0 Å². The second kappa shape index (κ2) is 13.1. The van der Waals surface area contributed by atoms with Crippen molar-refractivity contribution in [1.82, 2.24) is 4.57 Å². The molecule has 1 heterocycles. The molecule has 162 valence electrons. The molecule has 2 aromatic carbocycles. The molecule has 0 bridgehead atoms. The monoisotopic (exact) mass is 459 g/mol. The third-order valence-corrected chi connectivity index (χ3v) is 5.00. The maximum atomic E-state index is 13.5. The number of aliphatic hydroxyl groups excluding tert-OH is 2. The number of carbonyl (C=O) groups is 1. The average molecular weight is 459 g/mol. The Morgan fingerprint density at radius 1 is 1.06 bits per heavy atom. The number of carboxylic acid groups (broad SMARTS) is 1. The van der Waals surface area contributed by atoms with Gasteiger partial charge in [0.25, 0.3) is 0 Å². The maximum absolute atomic E-state index is 13.5. The standard InChI is InChI=1S/C24H26FNO4.2Na.2H/c1-15(2)26-21-6-4-3-5-20(21)24(16-7-9-17(25)10-8-16)22(26)12-11-18(27)13-19(28)14-23(29)30;;;;/h3-12,15,18-19,27-28H,13-14H2,1-2H3,(H,29,30);;;;/t18-,19-;;;;/m0..../s1. The average Bonchev–Trinajstić information content (AvgIpc) is 3.00. The van der Waals surface area contributed by atoms with E-state index in [-0.39, 0.29) is 77.4 Å². The predicted octanol–water partition coefficient (Wildman–Crippen LogP) is 3.33. The van der Waals surface area contributed by atoms with Crippen LogP contribution in [0.5, 0.6) is 0 Å². The van der Waals surface area contributed by atoms with E-state index in [0.29, 0.717) is 0 Å². The number of rotatable bonds is 8. The topological polar surface area (TPSA) is 82.7 Å². The van der Waals surface area contributed by atoms with Gasteiger partial charge in [0.05, 0.1) is 18.6 Å². The molecule has 8 heteroatoms. The Balaban J connectivity index is 0.00000256. The van der Waals surface area contributed by atoms with Crippen LogP contribution in [0.15, 0.2) is 54.6 Å². The van der Waals surface area contributed by atoms with Crippen LogP contribution in [0, 0.1) is 5.82 Å². The van der Waals surface area contributed by atoms with Gasteiger partial charge in [-0.25, -0.2) is 4.39 Å². The van der Waals surface area contributed by atoms with Gasteiger partial charge in [0.2, 0.25) is 0 Å². The third-order valence-electron chi connectivity index (χ3n) is 5.00. The van der Waals surface area contributed by atoms with E-state index in [4.69, 9.17) is 5.11 Å². The first-order valence-electron chi connectivity index (χ1n) is 9.93. The second-order valence-electron chi connectivity index (χ2n) is 7.66. The quantitative estimate of drug-likeness (QED) is 0.452. The van der Waals surface area contributed by atoms with Crippen LogP contribution in [0.2, 0.25) is 0 Å². The first kappa shape index (κ1) is 29.1. The van der Waals surface area contributed by atoms with Crippen LogP contribution in [0.25, 0.3) is 28.1 Å². The number of aromatic nitrogens is 1. The number of nitrogens with zero attached hydrogens (tertiary/aromatic N) is 1. The summed E-state index contributed by atoms with van der Waals surface area (Å²) < 4.78 is 15.6. The molecular formula is C24H28FNNa2O4. The molecule has 0 aliphatic rings. The molecule has 0 amide bonds. The number of aliphatic hydroxyl groups is 2. The number of hydrogen-bond donors (Lipinski definition) is 3. The fourth-order valence-corrected chi connectivity index (χ4v) is 3.77. The van der Waals surface area contributed by atoms with Gasteiger partial charge in [-0.05, 0) is 43.7 Å². The Morgan fingerprint density at radius 3 is 2.28 bits per heavy atom. The van der Waals surface area contributed by atoms with Crippen LogP contribution >= 0.6 is 0 Å². The zero-order valence-corrected chi connectivity index (χ0v) is 17.0. The van der Waals surface area contributed by atoms with Gasteiger partial charge >= 0.3 is 65.1 Å². The van der Waals surface area contributed by atoms with Crippen LogP contribution < -0.4 is 0 Å². The van der Waals surface area contributed by atoms with Gasteiger partial charge < -0.3 is 19.9 Å². The van der Waals surface area contributed by atoms with Crippen molar-refractivity contribution >= 4 is 82.1 Å². The Kier molecular flexibility index (Phi) is 11.9. The molecule has 0 saturated carbocycles.